The van der Waals surface area contributed by atoms with E-state index in [1.165, 1.54) is 21.6 Å². The minimum absolute atomic E-state index is 0. The van der Waals surface area contributed by atoms with Gasteiger partial charge in [-0.3, -0.25) is 29.1 Å². The topological polar surface area (TPSA) is 40.6 Å². The molecule has 0 spiro atoms. The smallest absolute Gasteiger partial charge is 0.464 e. The molecule has 1 aliphatic rings. The van der Waals surface area contributed by atoms with Gasteiger partial charge in [0.05, 0.1) is 0 Å². The number of carbonyl (C=O) groups excluding carboxylic acids is 2. The summed E-state index contributed by atoms with van der Waals surface area (Å²) >= 11 is 0. The predicted octanol–water partition coefficient (Wildman–Crippen LogP) is 4.52. The van der Waals surface area contributed by atoms with Crippen molar-refractivity contribution in [3.05, 3.63) is 74.1 Å². The number of rotatable bonds is 1. The van der Waals surface area contributed by atoms with E-state index in [0.717, 1.165) is 15.7 Å². The maximum Gasteiger partial charge on any atom is 2.00 e. The van der Waals surface area contributed by atoms with Crippen molar-refractivity contribution >= 4 is 44.2 Å². The Morgan fingerprint density at radius 3 is 1.58 bits per heavy atom. The number of amides is 2. The van der Waals surface area contributed by atoms with Gasteiger partial charge in [-0.05, 0) is 31.6 Å². The Hall–Kier alpha value is 0.526. The van der Waals surface area contributed by atoms with Gasteiger partial charge in [-0.2, -0.15) is 0 Å². The van der Waals surface area contributed by atoms with Crippen molar-refractivity contribution in [2.24, 2.45) is 0 Å². The summed E-state index contributed by atoms with van der Waals surface area (Å²) in [5.74, 6) is -0.677. The molecule has 1 aliphatic heterocycles. The van der Waals surface area contributed by atoms with Gasteiger partial charge in [0.1, 0.15) is 0 Å². The first kappa shape index (κ1) is 28.7. The number of hydrogen-bond acceptors (Lipinski definition) is 5. The molecule has 0 saturated heterocycles. The second-order valence-corrected chi connectivity index (χ2v) is 6.95. The van der Waals surface area contributed by atoms with Crippen LogP contribution in [-0.4, -0.2) is 35.7 Å². The van der Waals surface area contributed by atoms with Crippen molar-refractivity contribution in [3.8, 4) is 0 Å². The third kappa shape index (κ3) is 7.87. The number of benzene rings is 2. The molecule has 1 heterocycles. The zero-order chi connectivity index (χ0) is 18.3. The Labute approximate surface area is 210 Å². The monoisotopic (exact) mass is 700 g/mol. The molecule has 2 aromatic rings. The minimum atomic E-state index is -0.339. The van der Waals surface area contributed by atoms with Crippen LogP contribution in [0.3, 0.4) is 0 Å². The Kier molecular flexibility index (Phi) is 16.0. The molecule has 142 valence electrons. The van der Waals surface area contributed by atoms with Crippen LogP contribution in [0.1, 0.15) is 20.7 Å². The van der Waals surface area contributed by atoms with E-state index in [1.807, 2.05) is 38.4 Å². The van der Waals surface area contributed by atoms with Crippen LogP contribution in [0.4, 0.5) is 0 Å². The van der Waals surface area contributed by atoms with Crippen molar-refractivity contribution in [1.29, 1.82) is 0 Å². The molecule has 0 bridgehead atoms. The molecule has 0 aromatic heterocycles. The Morgan fingerprint density at radius 1 is 0.923 bits per heavy atom. The van der Waals surface area contributed by atoms with Gasteiger partial charge in [0.15, 0.2) is 0 Å². The second kappa shape index (κ2) is 14.5. The summed E-state index contributed by atoms with van der Waals surface area (Å²) in [6, 6.07) is 10.8. The van der Waals surface area contributed by atoms with Crippen LogP contribution in [0.2, 0.25) is 0 Å². The van der Waals surface area contributed by atoms with E-state index in [1.54, 1.807) is 17.0 Å². The van der Waals surface area contributed by atoms with Crippen LogP contribution in [0, 0.1) is 65.2 Å². The molecule has 0 unspecified atom stereocenters. The molecule has 26 heavy (non-hydrogen) atoms. The molecular weight excluding hydrogens is 680 g/mol. The van der Waals surface area contributed by atoms with Gasteiger partial charge < -0.3 is 31.4 Å². The Balaban J connectivity index is 0. The van der Waals surface area contributed by atoms with Gasteiger partial charge >= 0.3 is 22.4 Å². The molecule has 8 heteroatoms. The third-order valence-corrected chi connectivity index (χ3v) is 3.61. The predicted molar refractivity (Wildman–Crippen MR) is 105 cm³/mol. The van der Waals surface area contributed by atoms with E-state index < -0.39 is 0 Å². The van der Waals surface area contributed by atoms with Crippen molar-refractivity contribution in [1.82, 2.24) is 9.80 Å². The first-order valence-electron chi connectivity index (χ1n) is 6.86. The summed E-state index contributed by atoms with van der Waals surface area (Å²) in [6.45, 7) is 0. The average Bonchev–Trinajstić information content (AvgIpc) is 2.57. The van der Waals surface area contributed by atoms with E-state index in [4.69, 9.17) is 0 Å². The summed E-state index contributed by atoms with van der Waals surface area (Å²) in [6.07, 6.45) is 6.84. The molecule has 0 aliphatic carbocycles. The number of nitrogens with zero attached hydrogens (tertiary/aromatic N) is 2. The molecule has 3 rings (SSSR count). The number of hydrogen-bond donors (Lipinski definition) is 0. The fourth-order valence-corrected chi connectivity index (χ4v) is 2.08. The normalized spacial score (nSPS) is 11.6. The fraction of sp³-hybridized carbons (Fsp3) is 0.111. The zero-order valence-corrected chi connectivity index (χ0v) is 21.6. The molecule has 0 N–H and O–H groups in total. The van der Waals surface area contributed by atoms with Crippen LogP contribution in [0.25, 0.3) is 10.8 Å². The average molecular weight is 700 g/mol. The van der Waals surface area contributed by atoms with E-state index in [2.05, 4.69) is 26.6 Å². The van der Waals surface area contributed by atoms with Crippen LogP contribution in [0.15, 0.2) is 36.4 Å². The Bertz CT molecular complexity index is 674. The summed E-state index contributed by atoms with van der Waals surface area (Å²) < 4.78 is 0. The van der Waals surface area contributed by atoms with Crippen LogP contribution < -0.4 is 0 Å². The zero-order valence-electron chi connectivity index (χ0n) is 14.6. The molecule has 4 nitrogen and oxygen atoms in total. The Morgan fingerprint density at radius 2 is 1.27 bits per heavy atom. The molecule has 2 aromatic carbocycles. The molecule has 0 fully saturated rings. The van der Waals surface area contributed by atoms with Crippen molar-refractivity contribution < 1.29 is 70.6 Å². The summed E-state index contributed by atoms with van der Waals surface area (Å²) in [7, 11) is 13.6. The van der Waals surface area contributed by atoms with Crippen LogP contribution in [-0.2, 0) is 22.4 Å². The van der Waals surface area contributed by atoms with Gasteiger partial charge in [-0.15, -0.1) is 0 Å². The maximum atomic E-state index is 11.9. The van der Waals surface area contributed by atoms with E-state index in [9.17, 15) is 9.59 Å². The summed E-state index contributed by atoms with van der Waals surface area (Å²) in [5, 5.41) is 1.64. The van der Waals surface area contributed by atoms with Crippen LogP contribution >= 0.6 is 21.6 Å². The van der Waals surface area contributed by atoms with Gasteiger partial charge in [-0.25, -0.2) is 7.05 Å². The molecule has 2 amide bonds. The first-order valence-corrected chi connectivity index (χ1v) is 9.35. The van der Waals surface area contributed by atoms with Crippen LogP contribution in [0.5, 0.6) is 0 Å². The van der Waals surface area contributed by atoms with Gasteiger partial charge in [0.25, 0.3) is 0 Å². The largest absolute Gasteiger partial charge is 2.00 e. The molecular formula is C18H20N2O2S2TaTb-2. The minimum Gasteiger partial charge on any atom is -0.464 e. The van der Waals surface area contributed by atoms with Gasteiger partial charge in [0.2, 0.25) is 11.8 Å². The van der Waals surface area contributed by atoms with Crippen molar-refractivity contribution in [3.63, 3.8) is 0 Å². The fourth-order valence-electron chi connectivity index (χ4n) is 2.08. The quantitative estimate of drug-likeness (QED) is 0.249. The van der Waals surface area contributed by atoms with Gasteiger partial charge in [-0.1, -0.05) is 24.3 Å². The van der Waals surface area contributed by atoms with Crippen molar-refractivity contribution in [2.75, 3.05) is 14.1 Å². The SMILES string of the molecule is [CH2-]N(C)C.[CH2-]N1C(=O)c2cccc3cccc(c23)C1=O.[CH2-]SS[CH2-].[Ta+2].[Tb]. The molecule has 0 saturated carbocycles. The number of imide groups is 1. The van der Waals surface area contributed by atoms with E-state index >= 15 is 0 Å². The van der Waals surface area contributed by atoms with Gasteiger partial charge in [0, 0.05) is 55.1 Å². The van der Waals surface area contributed by atoms with Crippen molar-refractivity contribution in [2.45, 2.75) is 0 Å². The maximum absolute atomic E-state index is 11.9. The summed E-state index contributed by atoms with van der Waals surface area (Å²) in [5.41, 5.74) is 1.09. The first-order chi connectivity index (χ1) is 11.3. The standard InChI is InChI=1S/C13H8NO2.C3H8N.C2H4S2.Ta.Tb/c1-14-12(15)9-6-2-4-8-5-3-7-10(11(8)9)13(14)16;1-4(2)3;1-3-4-2;;/h2-7H,1H2;1H2,2-3H3;1-2H2;;/q2*-1;-2;+2;. The van der Waals surface area contributed by atoms with E-state index in [-0.39, 0.29) is 72.8 Å². The summed E-state index contributed by atoms with van der Waals surface area (Å²) in [4.78, 5) is 26.4. The number of carbonyl (C=O) groups is 2. The third-order valence-electron chi connectivity index (χ3n) is 2.94. The van der Waals surface area contributed by atoms with E-state index in [0.29, 0.717) is 11.1 Å². The molecule has 0 atom stereocenters. The molecule has 2 radical (unpaired) electrons. The second-order valence-electron chi connectivity index (χ2n) is 5.06.